The van der Waals surface area contributed by atoms with Crippen LogP contribution in [-0.4, -0.2) is 29.0 Å². The lowest BCUT2D eigenvalue weighted by Crippen LogP contribution is -2.27. The maximum atomic E-state index is 14.1. The van der Waals surface area contributed by atoms with Crippen molar-refractivity contribution in [3.63, 3.8) is 0 Å². The van der Waals surface area contributed by atoms with Crippen LogP contribution in [0.5, 0.6) is 0 Å². The Bertz CT molecular complexity index is 1060. The van der Waals surface area contributed by atoms with Crippen molar-refractivity contribution < 1.29 is 23.2 Å². The number of benzene rings is 1. The van der Waals surface area contributed by atoms with E-state index in [0.29, 0.717) is 22.3 Å². The van der Waals surface area contributed by atoms with Crippen molar-refractivity contribution in [2.24, 2.45) is 5.92 Å². The van der Waals surface area contributed by atoms with E-state index in [1.807, 2.05) is 0 Å². The van der Waals surface area contributed by atoms with E-state index >= 15 is 0 Å². The van der Waals surface area contributed by atoms with Crippen LogP contribution in [0.4, 0.5) is 8.78 Å². The summed E-state index contributed by atoms with van der Waals surface area (Å²) in [7, 11) is 0. The van der Waals surface area contributed by atoms with Gasteiger partial charge in [0.05, 0.1) is 6.20 Å². The van der Waals surface area contributed by atoms with Gasteiger partial charge in [0.25, 0.3) is 0 Å². The molecule has 2 atom stereocenters. The van der Waals surface area contributed by atoms with Gasteiger partial charge in [0.2, 0.25) is 5.91 Å². The molecule has 1 saturated carbocycles. The SMILES string of the molecule is Cc1cc(-c2ncc(F)cc2F)cc(C)c1C1C(=O)CC(CC(=O)NC/C=C/Cl)C1=O. The topological polar surface area (TPSA) is 76.1 Å². The zero-order valence-electron chi connectivity index (χ0n) is 17.0. The van der Waals surface area contributed by atoms with Crippen molar-refractivity contribution in [1.82, 2.24) is 10.3 Å². The largest absolute Gasteiger partial charge is 0.353 e. The fraction of sp³-hybridized carbons (Fsp3) is 0.304. The lowest BCUT2D eigenvalue weighted by atomic mass is 9.85. The summed E-state index contributed by atoms with van der Waals surface area (Å²) in [6.07, 6.45) is 2.41. The van der Waals surface area contributed by atoms with Crippen LogP contribution in [0, 0.1) is 31.4 Å². The van der Waals surface area contributed by atoms with E-state index in [1.54, 1.807) is 32.1 Å². The highest BCUT2D eigenvalue weighted by Gasteiger charge is 2.43. The molecule has 162 valence electrons. The normalized spacial score (nSPS) is 18.7. The minimum absolute atomic E-state index is 0.00293. The molecule has 0 bridgehead atoms. The lowest BCUT2D eigenvalue weighted by molar-refractivity contribution is -0.128. The number of hydrogen-bond donors (Lipinski definition) is 1. The number of hydrogen-bond acceptors (Lipinski definition) is 4. The van der Waals surface area contributed by atoms with Gasteiger partial charge in [-0.05, 0) is 42.7 Å². The van der Waals surface area contributed by atoms with Gasteiger partial charge in [-0.2, -0.15) is 0 Å². The van der Waals surface area contributed by atoms with Crippen molar-refractivity contribution >= 4 is 29.1 Å². The number of Topliss-reactive ketones (excluding diaryl/α,β-unsaturated/α-hetero) is 2. The number of nitrogens with zero attached hydrogens (tertiary/aromatic N) is 1. The highest BCUT2D eigenvalue weighted by Crippen LogP contribution is 2.38. The monoisotopic (exact) mass is 446 g/mol. The highest BCUT2D eigenvalue weighted by atomic mass is 35.5. The van der Waals surface area contributed by atoms with E-state index in [4.69, 9.17) is 11.6 Å². The summed E-state index contributed by atoms with van der Waals surface area (Å²) in [6, 6.07) is 4.01. The summed E-state index contributed by atoms with van der Waals surface area (Å²) >= 11 is 5.41. The highest BCUT2D eigenvalue weighted by molar-refractivity contribution is 6.25. The zero-order chi connectivity index (χ0) is 22.7. The van der Waals surface area contributed by atoms with Crippen LogP contribution in [0.15, 0.2) is 36.0 Å². The Morgan fingerprint density at radius 3 is 2.52 bits per heavy atom. The molecule has 1 aliphatic carbocycles. The molecule has 0 saturated heterocycles. The number of carbonyl (C=O) groups excluding carboxylic acids is 3. The number of pyridine rings is 1. The van der Waals surface area contributed by atoms with E-state index in [2.05, 4.69) is 10.3 Å². The molecule has 5 nitrogen and oxygen atoms in total. The molecule has 1 fully saturated rings. The molecule has 0 spiro atoms. The number of amides is 1. The van der Waals surface area contributed by atoms with Crippen LogP contribution in [0.2, 0.25) is 0 Å². The smallest absolute Gasteiger partial charge is 0.220 e. The summed E-state index contributed by atoms with van der Waals surface area (Å²) in [5.74, 6) is -4.08. The van der Waals surface area contributed by atoms with Crippen LogP contribution in [-0.2, 0) is 14.4 Å². The maximum Gasteiger partial charge on any atom is 0.220 e. The van der Waals surface area contributed by atoms with E-state index in [-0.39, 0.29) is 42.6 Å². The van der Waals surface area contributed by atoms with Crippen LogP contribution in [0.25, 0.3) is 11.3 Å². The Balaban J connectivity index is 1.86. The molecule has 0 radical (unpaired) electrons. The number of ketones is 2. The fourth-order valence-electron chi connectivity index (χ4n) is 4.04. The lowest BCUT2D eigenvalue weighted by Gasteiger charge is -2.17. The second-order valence-electron chi connectivity index (χ2n) is 7.58. The molecule has 1 aromatic heterocycles. The number of aromatic nitrogens is 1. The average Bonchev–Trinajstić information content (AvgIpc) is 2.95. The van der Waals surface area contributed by atoms with Crippen molar-refractivity contribution in [2.45, 2.75) is 32.6 Å². The minimum Gasteiger partial charge on any atom is -0.353 e. The number of halogens is 3. The van der Waals surface area contributed by atoms with Crippen LogP contribution < -0.4 is 5.32 Å². The average molecular weight is 447 g/mol. The molecule has 8 heteroatoms. The standard InChI is InChI=1S/C23H21ClF2N2O3/c1-12-6-14(22-17(26)10-16(25)11-28-22)7-13(2)20(12)21-18(29)8-15(23(21)31)9-19(30)27-5-3-4-24/h3-4,6-7,10-11,15,21H,5,8-9H2,1-2H3,(H,27,30)/b4-3+. The van der Waals surface area contributed by atoms with Crippen LogP contribution in [0.3, 0.4) is 0 Å². The van der Waals surface area contributed by atoms with Gasteiger partial charge >= 0.3 is 0 Å². The molecule has 0 aliphatic heterocycles. The summed E-state index contributed by atoms with van der Waals surface area (Å²) in [6.45, 7) is 3.70. The summed E-state index contributed by atoms with van der Waals surface area (Å²) in [5.41, 5.74) is 3.52. The van der Waals surface area contributed by atoms with E-state index in [0.717, 1.165) is 12.3 Å². The molecule has 2 unspecified atom stereocenters. The van der Waals surface area contributed by atoms with Gasteiger partial charge in [0.15, 0.2) is 11.6 Å². The third kappa shape index (κ3) is 4.88. The van der Waals surface area contributed by atoms with Gasteiger partial charge < -0.3 is 5.32 Å². The Kier molecular flexibility index (Phi) is 6.95. The van der Waals surface area contributed by atoms with Gasteiger partial charge in [-0.15, -0.1) is 0 Å². The van der Waals surface area contributed by atoms with Crippen LogP contribution >= 0.6 is 11.6 Å². The Hall–Kier alpha value is -2.93. The summed E-state index contributed by atoms with van der Waals surface area (Å²) < 4.78 is 27.3. The van der Waals surface area contributed by atoms with Crippen LogP contribution in [0.1, 0.15) is 35.4 Å². The third-order valence-electron chi connectivity index (χ3n) is 5.36. The first kappa shape index (κ1) is 22.7. The van der Waals surface area contributed by atoms with E-state index in [1.165, 1.54) is 5.54 Å². The van der Waals surface area contributed by atoms with Gasteiger partial charge in [0, 0.05) is 42.5 Å². The van der Waals surface area contributed by atoms with Gasteiger partial charge in [0.1, 0.15) is 23.2 Å². The van der Waals surface area contributed by atoms with Gasteiger partial charge in [-0.3, -0.25) is 19.4 Å². The zero-order valence-corrected chi connectivity index (χ0v) is 17.8. The summed E-state index contributed by atoms with van der Waals surface area (Å²) in [4.78, 5) is 41.5. The predicted molar refractivity (Wildman–Crippen MR) is 113 cm³/mol. The van der Waals surface area contributed by atoms with Crippen molar-refractivity contribution in [1.29, 1.82) is 0 Å². The predicted octanol–water partition coefficient (Wildman–Crippen LogP) is 4.14. The molecule has 1 aliphatic rings. The number of nitrogens with one attached hydrogen (secondary N) is 1. The number of carbonyl (C=O) groups is 3. The molecule has 1 amide bonds. The Morgan fingerprint density at radius 1 is 1.23 bits per heavy atom. The Labute approximate surface area is 183 Å². The second-order valence-corrected chi connectivity index (χ2v) is 7.83. The third-order valence-corrected chi connectivity index (χ3v) is 5.54. The van der Waals surface area contributed by atoms with Crippen molar-refractivity contribution in [2.75, 3.05) is 6.54 Å². The first-order valence-electron chi connectivity index (χ1n) is 9.73. The number of rotatable bonds is 6. The second kappa shape index (κ2) is 9.47. The van der Waals surface area contributed by atoms with Gasteiger partial charge in [-0.1, -0.05) is 17.7 Å². The molecular formula is C23H21ClF2N2O3. The first-order chi connectivity index (χ1) is 14.7. The molecule has 3 rings (SSSR count). The maximum absolute atomic E-state index is 14.1. The van der Waals surface area contributed by atoms with Gasteiger partial charge in [-0.25, -0.2) is 8.78 Å². The molecular weight excluding hydrogens is 426 g/mol. The summed E-state index contributed by atoms with van der Waals surface area (Å²) in [5, 5.41) is 2.62. The minimum atomic E-state index is -0.958. The van der Waals surface area contributed by atoms with Crippen molar-refractivity contribution in [3.8, 4) is 11.3 Å². The first-order valence-corrected chi connectivity index (χ1v) is 10.2. The van der Waals surface area contributed by atoms with E-state index < -0.39 is 23.5 Å². The molecule has 1 heterocycles. The molecule has 31 heavy (non-hydrogen) atoms. The molecule has 1 aromatic carbocycles. The molecule has 2 aromatic rings. The molecule has 1 N–H and O–H groups in total. The quantitative estimate of drug-likeness (QED) is 0.676. The number of aryl methyl sites for hydroxylation is 2. The van der Waals surface area contributed by atoms with E-state index in [9.17, 15) is 23.2 Å². The van der Waals surface area contributed by atoms with Crippen molar-refractivity contribution in [3.05, 3.63) is 64.3 Å². The Morgan fingerprint density at radius 2 is 1.90 bits per heavy atom. The fourth-order valence-corrected chi connectivity index (χ4v) is 4.13.